The first kappa shape index (κ1) is 14.6. The molecule has 0 saturated carbocycles. The number of ether oxygens (including phenoxy) is 1. The van der Waals surface area contributed by atoms with Crippen molar-refractivity contribution >= 4 is 23.4 Å². The number of benzene rings is 1. The van der Waals surface area contributed by atoms with Crippen molar-refractivity contribution in [1.82, 2.24) is 0 Å². The minimum absolute atomic E-state index is 0.186. The zero-order valence-corrected chi connectivity index (χ0v) is 11.4. The number of esters is 1. The summed E-state index contributed by atoms with van der Waals surface area (Å²) in [5, 5.41) is 11.7. The van der Waals surface area contributed by atoms with Crippen LogP contribution in [0, 0.1) is 0 Å². The van der Waals surface area contributed by atoms with Crippen LogP contribution in [0.3, 0.4) is 0 Å². The maximum absolute atomic E-state index is 10.9. The fraction of sp³-hybridized carbons (Fsp3) is 0.385. The topological polar surface area (TPSA) is 58.9 Å². The molecule has 0 spiro atoms. The standard InChI is InChI=1S/C13H17NO3S/c1-10(14-16)9-11-3-5-12(6-4-11)18-8-7-13(15)17-2/h3-6,16H,7-9H2,1-2H3/b14-10-. The van der Waals surface area contributed by atoms with E-state index >= 15 is 0 Å². The third-order valence-corrected chi connectivity index (χ3v) is 3.37. The van der Waals surface area contributed by atoms with Gasteiger partial charge < -0.3 is 9.94 Å². The van der Waals surface area contributed by atoms with Gasteiger partial charge in [-0.3, -0.25) is 4.79 Å². The molecule has 98 valence electrons. The third-order valence-electron chi connectivity index (χ3n) is 2.36. The van der Waals surface area contributed by atoms with Gasteiger partial charge in [-0.15, -0.1) is 11.8 Å². The van der Waals surface area contributed by atoms with Crippen molar-refractivity contribution < 1.29 is 14.7 Å². The Morgan fingerprint density at radius 1 is 1.39 bits per heavy atom. The predicted molar refractivity (Wildman–Crippen MR) is 72.4 cm³/mol. The van der Waals surface area contributed by atoms with E-state index in [0.29, 0.717) is 24.3 Å². The lowest BCUT2D eigenvalue weighted by atomic mass is 10.1. The second kappa shape index (κ2) is 7.76. The summed E-state index contributed by atoms with van der Waals surface area (Å²) < 4.78 is 4.57. The number of methoxy groups -OCH3 is 1. The van der Waals surface area contributed by atoms with Crippen molar-refractivity contribution in [3.8, 4) is 0 Å². The van der Waals surface area contributed by atoms with Gasteiger partial charge in [-0.05, 0) is 24.6 Å². The van der Waals surface area contributed by atoms with Gasteiger partial charge in [0.25, 0.3) is 0 Å². The summed E-state index contributed by atoms with van der Waals surface area (Å²) in [6, 6.07) is 7.99. The zero-order valence-electron chi connectivity index (χ0n) is 10.5. The van der Waals surface area contributed by atoms with E-state index in [0.717, 1.165) is 10.5 Å². The number of oxime groups is 1. The Balaban J connectivity index is 2.43. The van der Waals surface area contributed by atoms with E-state index in [1.807, 2.05) is 24.3 Å². The molecule has 0 aliphatic rings. The van der Waals surface area contributed by atoms with Crippen LogP contribution in [0.5, 0.6) is 0 Å². The van der Waals surface area contributed by atoms with Crippen molar-refractivity contribution in [2.75, 3.05) is 12.9 Å². The summed E-state index contributed by atoms with van der Waals surface area (Å²) >= 11 is 1.62. The molecule has 1 aromatic carbocycles. The molecule has 0 bridgehead atoms. The van der Waals surface area contributed by atoms with E-state index in [2.05, 4.69) is 9.89 Å². The highest BCUT2D eigenvalue weighted by Gasteiger charge is 2.02. The van der Waals surface area contributed by atoms with Gasteiger partial charge in [0.1, 0.15) is 0 Å². The van der Waals surface area contributed by atoms with Crippen LogP contribution in [0.15, 0.2) is 34.3 Å². The van der Waals surface area contributed by atoms with Gasteiger partial charge in [-0.2, -0.15) is 0 Å². The van der Waals surface area contributed by atoms with Crippen LogP contribution >= 0.6 is 11.8 Å². The zero-order chi connectivity index (χ0) is 13.4. The average molecular weight is 267 g/mol. The van der Waals surface area contributed by atoms with E-state index < -0.39 is 0 Å². The molecule has 0 amide bonds. The molecular weight excluding hydrogens is 250 g/mol. The normalized spacial score (nSPS) is 11.3. The molecule has 4 nitrogen and oxygen atoms in total. The van der Waals surface area contributed by atoms with Gasteiger partial charge in [-0.25, -0.2) is 0 Å². The number of rotatable bonds is 6. The monoisotopic (exact) mass is 267 g/mol. The number of thioether (sulfide) groups is 1. The fourth-order valence-electron chi connectivity index (χ4n) is 1.39. The molecule has 0 unspecified atom stereocenters. The van der Waals surface area contributed by atoms with Gasteiger partial charge >= 0.3 is 5.97 Å². The van der Waals surface area contributed by atoms with Crippen molar-refractivity contribution in [2.45, 2.75) is 24.7 Å². The number of nitrogens with zero attached hydrogens (tertiary/aromatic N) is 1. The lowest BCUT2D eigenvalue weighted by Crippen LogP contribution is -2.01. The summed E-state index contributed by atoms with van der Waals surface area (Å²) in [5.74, 6) is 0.525. The van der Waals surface area contributed by atoms with Gasteiger partial charge in [0, 0.05) is 17.1 Å². The fourth-order valence-corrected chi connectivity index (χ4v) is 2.22. The van der Waals surface area contributed by atoms with Crippen LogP contribution in [0.25, 0.3) is 0 Å². The van der Waals surface area contributed by atoms with Crippen LogP contribution in [-0.4, -0.2) is 29.8 Å². The van der Waals surface area contributed by atoms with E-state index in [4.69, 9.17) is 5.21 Å². The van der Waals surface area contributed by atoms with Crippen molar-refractivity contribution in [2.24, 2.45) is 5.16 Å². The van der Waals surface area contributed by atoms with E-state index in [1.54, 1.807) is 18.7 Å². The summed E-state index contributed by atoms with van der Waals surface area (Å²) in [4.78, 5) is 12.1. The Hall–Kier alpha value is -1.49. The highest BCUT2D eigenvalue weighted by atomic mass is 32.2. The highest BCUT2D eigenvalue weighted by molar-refractivity contribution is 7.99. The first-order valence-electron chi connectivity index (χ1n) is 5.61. The summed E-state index contributed by atoms with van der Waals surface area (Å²) in [6.45, 7) is 1.78. The first-order chi connectivity index (χ1) is 8.65. The Bertz CT molecular complexity index is 415. The molecule has 1 N–H and O–H groups in total. The smallest absolute Gasteiger partial charge is 0.306 e. The Kier molecular flexibility index (Phi) is 6.28. The maximum atomic E-state index is 10.9. The second-order valence-corrected chi connectivity index (χ2v) is 5.00. The largest absolute Gasteiger partial charge is 0.469 e. The number of carbonyl (C=O) groups excluding carboxylic acids is 1. The number of hydrogen-bond acceptors (Lipinski definition) is 5. The van der Waals surface area contributed by atoms with Crippen LogP contribution in [0.4, 0.5) is 0 Å². The number of hydrogen-bond donors (Lipinski definition) is 1. The minimum atomic E-state index is -0.186. The molecule has 0 aromatic heterocycles. The molecule has 0 saturated heterocycles. The average Bonchev–Trinajstić information content (AvgIpc) is 2.40. The Morgan fingerprint density at radius 2 is 2.06 bits per heavy atom. The third kappa shape index (κ3) is 5.23. The van der Waals surface area contributed by atoms with E-state index in [-0.39, 0.29) is 5.97 Å². The van der Waals surface area contributed by atoms with Crippen molar-refractivity contribution in [3.05, 3.63) is 29.8 Å². The quantitative estimate of drug-likeness (QED) is 0.283. The van der Waals surface area contributed by atoms with Crippen LogP contribution in [-0.2, 0) is 16.0 Å². The van der Waals surface area contributed by atoms with Gasteiger partial charge in [0.15, 0.2) is 0 Å². The summed E-state index contributed by atoms with van der Waals surface area (Å²) in [6.07, 6.45) is 1.06. The van der Waals surface area contributed by atoms with Crippen molar-refractivity contribution in [3.63, 3.8) is 0 Å². The van der Waals surface area contributed by atoms with Crippen molar-refractivity contribution in [1.29, 1.82) is 0 Å². The Labute approximate surface area is 111 Å². The molecule has 1 aromatic rings. The molecule has 0 atom stereocenters. The van der Waals surface area contributed by atoms with Crippen LogP contribution < -0.4 is 0 Å². The first-order valence-corrected chi connectivity index (χ1v) is 6.60. The van der Waals surface area contributed by atoms with Gasteiger partial charge in [0.05, 0.1) is 19.2 Å². The molecule has 0 radical (unpaired) electrons. The van der Waals surface area contributed by atoms with E-state index in [9.17, 15) is 4.79 Å². The molecule has 0 aliphatic carbocycles. The van der Waals surface area contributed by atoms with Crippen LogP contribution in [0.1, 0.15) is 18.9 Å². The van der Waals surface area contributed by atoms with E-state index in [1.165, 1.54) is 7.11 Å². The highest BCUT2D eigenvalue weighted by Crippen LogP contribution is 2.19. The summed E-state index contributed by atoms with van der Waals surface area (Å²) in [7, 11) is 1.40. The Morgan fingerprint density at radius 3 is 2.61 bits per heavy atom. The molecule has 0 aliphatic heterocycles. The van der Waals surface area contributed by atoms with Crippen LogP contribution in [0.2, 0.25) is 0 Å². The maximum Gasteiger partial charge on any atom is 0.306 e. The molecule has 5 heteroatoms. The van der Waals surface area contributed by atoms with Gasteiger partial charge in [0.2, 0.25) is 0 Å². The molecular formula is C13H17NO3S. The molecule has 0 heterocycles. The lowest BCUT2D eigenvalue weighted by molar-refractivity contribution is -0.140. The SMILES string of the molecule is COC(=O)CCSc1ccc(C/C(C)=N\O)cc1. The predicted octanol–water partition coefficient (Wildman–Crippen LogP) is 2.73. The lowest BCUT2D eigenvalue weighted by Gasteiger charge is -2.03. The molecule has 18 heavy (non-hydrogen) atoms. The molecule has 0 fully saturated rings. The molecule has 1 rings (SSSR count). The second-order valence-electron chi connectivity index (χ2n) is 3.83. The van der Waals surface area contributed by atoms with Gasteiger partial charge in [-0.1, -0.05) is 17.3 Å². The number of carbonyl (C=O) groups is 1. The minimum Gasteiger partial charge on any atom is -0.469 e. The summed E-state index contributed by atoms with van der Waals surface area (Å²) in [5.41, 5.74) is 1.78.